The maximum atomic E-state index is 5.87. The summed E-state index contributed by atoms with van der Waals surface area (Å²) in [6.07, 6.45) is 2.57. The Morgan fingerprint density at radius 2 is 2.25 bits per heavy atom. The van der Waals surface area contributed by atoms with E-state index in [1.54, 1.807) is 13.3 Å². The average Bonchev–Trinajstić information content (AvgIpc) is 2.81. The fraction of sp³-hybridized carbons (Fsp3) is 0.571. The third kappa shape index (κ3) is 3.69. The highest BCUT2D eigenvalue weighted by Gasteiger charge is 2.11. The van der Waals surface area contributed by atoms with Gasteiger partial charge in [-0.15, -0.1) is 11.6 Å². The summed E-state index contributed by atoms with van der Waals surface area (Å²) in [5.74, 6) is 1.58. The zero-order valence-electron chi connectivity index (χ0n) is 12.0. The van der Waals surface area contributed by atoms with Crippen molar-refractivity contribution in [1.29, 1.82) is 0 Å². The van der Waals surface area contributed by atoms with Gasteiger partial charge in [-0.3, -0.25) is 0 Å². The number of nitrogens with zero attached hydrogens (tertiary/aromatic N) is 4. The molecule has 0 aliphatic carbocycles. The highest BCUT2D eigenvalue weighted by Crippen LogP contribution is 2.14. The lowest BCUT2D eigenvalue weighted by Crippen LogP contribution is -2.27. The molecule has 0 saturated carbocycles. The minimum atomic E-state index is 0.572. The van der Waals surface area contributed by atoms with Crippen LogP contribution in [0.4, 0.5) is 0 Å². The maximum absolute atomic E-state index is 5.87. The van der Waals surface area contributed by atoms with E-state index in [0.717, 1.165) is 49.7 Å². The van der Waals surface area contributed by atoms with Crippen LogP contribution in [0.1, 0.15) is 5.82 Å². The van der Waals surface area contributed by atoms with Crippen LogP contribution in [0.15, 0.2) is 18.3 Å². The number of alkyl halides is 1. The zero-order valence-corrected chi connectivity index (χ0v) is 12.8. The monoisotopic (exact) mass is 296 g/mol. The van der Waals surface area contributed by atoms with Crippen LogP contribution in [0.5, 0.6) is 0 Å². The van der Waals surface area contributed by atoms with E-state index in [0.29, 0.717) is 5.88 Å². The number of pyridine rings is 1. The Kier molecular flexibility index (Phi) is 5.76. The molecule has 2 rings (SSSR count). The average molecular weight is 297 g/mol. The summed E-state index contributed by atoms with van der Waals surface area (Å²) < 4.78 is 7.26. The molecule has 0 saturated heterocycles. The summed E-state index contributed by atoms with van der Waals surface area (Å²) in [7, 11) is 3.81. The number of imidazole rings is 1. The first-order valence-corrected chi connectivity index (χ1v) is 7.33. The normalized spacial score (nSPS) is 11.6. The van der Waals surface area contributed by atoms with Gasteiger partial charge in [0.25, 0.3) is 0 Å². The number of rotatable bonds is 8. The van der Waals surface area contributed by atoms with E-state index in [1.165, 1.54) is 0 Å². The van der Waals surface area contributed by atoms with Crippen molar-refractivity contribution in [3.05, 3.63) is 24.2 Å². The van der Waals surface area contributed by atoms with E-state index in [2.05, 4.69) is 26.5 Å². The Morgan fingerprint density at radius 3 is 3.00 bits per heavy atom. The maximum Gasteiger partial charge on any atom is 0.160 e. The molecule has 0 bridgehead atoms. The number of halogens is 1. The van der Waals surface area contributed by atoms with Crippen LogP contribution >= 0.6 is 11.6 Å². The van der Waals surface area contributed by atoms with Crippen molar-refractivity contribution in [2.45, 2.75) is 13.0 Å². The molecule has 2 aromatic rings. The zero-order chi connectivity index (χ0) is 14.4. The Morgan fingerprint density at radius 1 is 1.40 bits per heavy atom. The standard InChI is InChI=1S/C14H21ClN4O/c1-18(10-11-20-2)8-9-19-13(5-6-15)17-12-4-3-7-16-14(12)19/h3-4,7H,5-6,8-11H2,1-2H3. The van der Waals surface area contributed by atoms with Crippen molar-refractivity contribution >= 4 is 22.8 Å². The third-order valence-corrected chi connectivity index (χ3v) is 3.47. The van der Waals surface area contributed by atoms with Crippen molar-refractivity contribution < 1.29 is 4.74 Å². The van der Waals surface area contributed by atoms with Crippen molar-refractivity contribution in [1.82, 2.24) is 19.4 Å². The number of likely N-dealkylation sites (N-methyl/N-ethyl adjacent to an activating group) is 1. The lowest BCUT2D eigenvalue weighted by atomic mass is 10.4. The SMILES string of the molecule is COCCN(C)CCn1c(CCCl)nc2cccnc21. The molecule has 5 nitrogen and oxygen atoms in total. The first-order chi connectivity index (χ1) is 9.76. The number of hydrogen-bond donors (Lipinski definition) is 0. The van der Waals surface area contributed by atoms with Gasteiger partial charge in [0, 0.05) is 45.2 Å². The largest absolute Gasteiger partial charge is 0.383 e. The molecule has 0 N–H and O–H groups in total. The van der Waals surface area contributed by atoms with Gasteiger partial charge in [0.1, 0.15) is 11.3 Å². The molecule has 0 aliphatic rings. The van der Waals surface area contributed by atoms with E-state index in [4.69, 9.17) is 16.3 Å². The van der Waals surface area contributed by atoms with Crippen LogP contribution in [-0.4, -0.2) is 59.2 Å². The summed E-state index contributed by atoms with van der Waals surface area (Å²) in [5.41, 5.74) is 1.87. The lowest BCUT2D eigenvalue weighted by Gasteiger charge is -2.17. The van der Waals surface area contributed by atoms with Gasteiger partial charge in [0.05, 0.1) is 6.61 Å². The number of aromatic nitrogens is 3. The summed E-state index contributed by atoms with van der Waals surface area (Å²) >= 11 is 5.87. The molecule has 0 amide bonds. The predicted octanol–water partition coefficient (Wildman–Crippen LogP) is 1.79. The van der Waals surface area contributed by atoms with Gasteiger partial charge < -0.3 is 14.2 Å². The van der Waals surface area contributed by atoms with Crippen LogP contribution in [0.2, 0.25) is 0 Å². The highest BCUT2D eigenvalue weighted by atomic mass is 35.5. The molecule has 20 heavy (non-hydrogen) atoms. The minimum Gasteiger partial charge on any atom is -0.383 e. The molecule has 0 fully saturated rings. The van der Waals surface area contributed by atoms with Gasteiger partial charge >= 0.3 is 0 Å². The molecule has 0 atom stereocenters. The quantitative estimate of drug-likeness (QED) is 0.697. The molecular weight excluding hydrogens is 276 g/mol. The molecule has 0 aromatic carbocycles. The van der Waals surface area contributed by atoms with Gasteiger partial charge in [0.2, 0.25) is 0 Å². The molecular formula is C14H21ClN4O. The van der Waals surface area contributed by atoms with Gasteiger partial charge in [-0.2, -0.15) is 0 Å². The van der Waals surface area contributed by atoms with Crippen LogP contribution in [0.3, 0.4) is 0 Å². The fourth-order valence-corrected chi connectivity index (χ4v) is 2.31. The van der Waals surface area contributed by atoms with Gasteiger partial charge in [-0.25, -0.2) is 9.97 Å². The summed E-state index contributed by atoms with van der Waals surface area (Å²) in [6.45, 7) is 3.45. The van der Waals surface area contributed by atoms with E-state index in [1.807, 2.05) is 12.1 Å². The fourth-order valence-electron chi connectivity index (χ4n) is 2.15. The molecule has 110 valence electrons. The first-order valence-electron chi connectivity index (χ1n) is 6.80. The van der Waals surface area contributed by atoms with Crippen molar-refractivity contribution in [2.75, 3.05) is 39.7 Å². The molecule has 2 aromatic heterocycles. The minimum absolute atomic E-state index is 0.572. The highest BCUT2D eigenvalue weighted by molar-refractivity contribution is 6.17. The van der Waals surface area contributed by atoms with Crippen molar-refractivity contribution in [3.63, 3.8) is 0 Å². The molecule has 6 heteroatoms. The molecule has 0 unspecified atom stereocenters. The second-order valence-corrected chi connectivity index (χ2v) is 5.14. The van der Waals surface area contributed by atoms with E-state index in [9.17, 15) is 0 Å². The van der Waals surface area contributed by atoms with Gasteiger partial charge in [-0.05, 0) is 19.2 Å². The van der Waals surface area contributed by atoms with Crippen molar-refractivity contribution in [3.8, 4) is 0 Å². The Hall–Kier alpha value is -1.17. The number of fused-ring (bicyclic) bond motifs is 1. The number of methoxy groups -OCH3 is 1. The second kappa shape index (κ2) is 7.57. The first kappa shape index (κ1) is 15.2. The Balaban J connectivity index is 2.12. The predicted molar refractivity (Wildman–Crippen MR) is 81.3 cm³/mol. The van der Waals surface area contributed by atoms with E-state index < -0.39 is 0 Å². The molecule has 0 aliphatic heterocycles. The summed E-state index contributed by atoms with van der Waals surface area (Å²) in [4.78, 5) is 11.3. The van der Waals surface area contributed by atoms with Crippen molar-refractivity contribution in [2.24, 2.45) is 0 Å². The number of hydrogen-bond acceptors (Lipinski definition) is 4. The number of ether oxygens (including phenoxy) is 1. The summed E-state index contributed by atoms with van der Waals surface area (Å²) in [6, 6.07) is 3.90. The Bertz CT molecular complexity index is 543. The molecule has 2 heterocycles. The number of aryl methyl sites for hydroxylation is 1. The third-order valence-electron chi connectivity index (χ3n) is 3.28. The van der Waals surface area contributed by atoms with Gasteiger partial charge in [0.15, 0.2) is 5.65 Å². The van der Waals surface area contributed by atoms with E-state index in [-0.39, 0.29) is 0 Å². The van der Waals surface area contributed by atoms with Crippen LogP contribution in [0, 0.1) is 0 Å². The van der Waals surface area contributed by atoms with Crippen LogP contribution in [-0.2, 0) is 17.7 Å². The molecule has 0 spiro atoms. The van der Waals surface area contributed by atoms with Gasteiger partial charge in [-0.1, -0.05) is 0 Å². The van der Waals surface area contributed by atoms with Crippen LogP contribution < -0.4 is 0 Å². The topological polar surface area (TPSA) is 43.2 Å². The van der Waals surface area contributed by atoms with E-state index >= 15 is 0 Å². The smallest absolute Gasteiger partial charge is 0.160 e. The molecule has 0 radical (unpaired) electrons. The van der Waals surface area contributed by atoms with Crippen LogP contribution in [0.25, 0.3) is 11.2 Å². The Labute approximate surface area is 124 Å². The lowest BCUT2D eigenvalue weighted by molar-refractivity contribution is 0.159. The second-order valence-electron chi connectivity index (χ2n) is 4.76. The summed E-state index contributed by atoms with van der Waals surface area (Å²) in [5, 5.41) is 0.